The molecule has 1 atom stereocenters. The molecule has 184 valence electrons. The number of nitrogens with zero attached hydrogens (tertiary/aromatic N) is 2. The quantitative estimate of drug-likeness (QED) is 0.518. The Balaban J connectivity index is 1.63. The van der Waals surface area contributed by atoms with Crippen LogP contribution in [0.4, 0.5) is 0 Å². The second-order valence-corrected chi connectivity index (χ2v) is 8.90. The summed E-state index contributed by atoms with van der Waals surface area (Å²) >= 11 is 1.19. The molecule has 0 bridgehead atoms. The van der Waals surface area contributed by atoms with Crippen molar-refractivity contribution in [3.8, 4) is 22.1 Å². The van der Waals surface area contributed by atoms with Gasteiger partial charge in [-0.2, -0.15) is 0 Å². The molecule has 34 heavy (non-hydrogen) atoms. The van der Waals surface area contributed by atoms with E-state index in [9.17, 15) is 14.4 Å². The van der Waals surface area contributed by atoms with Gasteiger partial charge in [0.25, 0.3) is 5.91 Å². The Hall–Kier alpha value is -3.14. The molecular formula is C24H30N2O7S. The largest absolute Gasteiger partial charge is 0.493 e. The number of thiazole rings is 1. The third-order valence-corrected chi connectivity index (χ3v) is 6.86. The first-order valence-electron chi connectivity index (χ1n) is 11.1. The number of hydrogen-bond acceptors (Lipinski definition) is 9. The van der Waals surface area contributed by atoms with Gasteiger partial charge in [-0.3, -0.25) is 9.59 Å². The molecule has 1 unspecified atom stereocenters. The number of aromatic nitrogens is 1. The van der Waals surface area contributed by atoms with Gasteiger partial charge < -0.3 is 23.8 Å². The van der Waals surface area contributed by atoms with Crippen LogP contribution in [-0.2, 0) is 19.1 Å². The van der Waals surface area contributed by atoms with Crippen molar-refractivity contribution in [1.29, 1.82) is 0 Å². The number of benzene rings is 1. The monoisotopic (exact) mass is 490 g/mol. The van der Waals surface area contributed by atoms with E-state index in [2.05, 4.69) is 4.98 Å². The molecular weight excluding hydrogens is 460 g/mol. The number of ether oxygens (including phenoxy) is 4. The average molecular weight is 491 g/mol. The van der Waals surface area contributed by atoms with Crippen molar-refractivity contribution in [2.24, 2.45) is 5.92 Å². The van der Waals surface area contributed by atoms with Crippen LogP contribution < -0.4 is 9.47 Å². The molecule has 1 aliphatic rings. The Labute approximate surface area is 203 Å². The maximum absolute atomic E-state index is 12.8. The maximum Gasteiger partial charge on any atom is 0.351 e. The van der Waals surface area contributed by atoms with E-state index in [0.29, 0.717) is 59.6 Å². The van der Waals surface area contributed by atoms with E-state index < -0.39 is 12.1 Å². The van der Waals surface area contributed by atoms with Crippen LogP contribution in [0.2, 0.25) is 0 Å². The number of aryl methyl sites for hydroxylation is 1. The van der Waals surface area contributed by atoms with Crippen molar-refractivity contribution in [3.05, 3.63) is 28.8 Å². The van der Waals surface area contributed by atoms with Gasteiger partial charge in [0.2, 0.25) is 0 Å². The Bertz CT molecular complexity index is 1040. The molecule has 1 aromatic carbocycles. The molecule has 1 aromatic heterocycles. The van der Waals surface area contributed by atoms with Gasteiger partial charge in [-0.15, -0.1) is 11.3 Å². The lowest BCUT2D eigenvalue weighted by Gasteiger charge is -2.32. The van der Waals surface area contributed by atoms with Crippen LogP contribution in [0.1, 0.15) is 42.1 Å². The molecule has 0 saturated carbocycles. The van der Waals surface area contributed by atoms with Crippen molar-refractivity contribution >= 4 is 29.2 Å². The Kier molecular flexibility index (Phi) is 8.49. The molecule has 1 saturated heterocycles. The van der Waals surface area contributed by atoms with Crippen molar-refractivity contribution in [3.63, 3.8) is 0 Å². The number of amides is 1. The molecule has 2 aromatic rings. The highest BCUT2D eigenvalue weighted by Gasteiger charge is 2.32. The van der Waals surface area contributed by atoms with Crippen LogP contribution in [-0.4, -0.2) is 67.7 Å². The summed E-state index contributed by atoms with van der Waals surface area (Å²) in [5, 5.41) is 0.630. The number of rotatable bonds is 8. The van der Waals surface area contributed by atoms with Gasteiger partial charge in [0, 0.05) is 18.7 Å². The number of carbonyl (C=O) groups is 3. The zero-order valence-electron chi connectivity index (χ0n) is 20.1. The van der Waals surface area contributed by atoms with E-state index in [0.717, 1.165) is 5.56 Å². The van der Waals surface area contributed by atoms with Gasteiger partial charge in [-0.1, -0.05) is 0 Å². The highest BCUT2D eigenvalue weighted by molar-refractivity contribution is 7.17. The second kappa shape index (κ2) is 11.3. The van der Waals surface area contributed by atoms with Crippen LogP contribution in [0.5, 0.6) is 11.5 Å². The topological polar surface area (TPSA) is 104 Å². The first kappa shape index (κ1) is 25.5. The van der Waals surface area contributed by atoms with Crippen molar-refractivity contribution in [1.82, 2.24) is 9.88 Å². The van der Waals surface area contributed by atoms with E-state index >= 15 is 0 Å². The van der Waals surface area contributed by atoms with Gasteiger partial charge in [-0.05, 0) is 51.8 Å². The summed E-state index contributed by atoms with van der Waals surface area (Å²) in [5.74, 6) is -0.139. The molecule has 2 heterocycles. The summed E-state index contributed by atoms with van der Waals surface area (Å²) in [4.78, 5) is 44.0. The third-order valence-electron chi connectivity index (χ3n) is 5.67. The summed E-state index contributed by atoms with van der Waals surface area (Å²) in [6, 6.07) is 5.40. The lowest BCUT2D eigenvalue weighted by atomic mass is 9.97. The molecule has 9 nitrogen and oxygen atoms in total. The predicted molar refractivity (Wildman–Crippen MR) is 126 cm³/mol. The predicted octanol–water partition coefficient (Wildman–Crippen LogP) is 3.48. The Morgan fingerprint density at radius 3 is 2.44 bits per heavy atom. The molecule has 0 spiro atoms. The molecule has 10 heteroatoms. The number of hydrogen-bond donors (Lipinski definition) is 0. The van der Waals surface area contributed by atoms with E-state index in [1.807, 2.05) is 6.07 Å². The fourth-order valence-electron chi connectivity index (χ4n) is 3.80. The molecule has 0 aliphatic carbocycles. The SMILES string of the molecule is CCOC(=O)C1CCN(C(=O)C(C)OC(=O)c2sc(-c3ccc(OC)c(OC)c3)nc2C)CC1. The van der Waals surface area contributed by atoms with Crippen LogP contribution in [0.15, 0.2) is 18.2 Å². The highest BCUT2D eigenvalue weighted by Crippen LogP contribution is 2.35. The minimum Gasteiger partial charge on any atom is -0.493 e. The second-order valence-electron chi connectivity index (χ2n) is 7.90. The first-order chi connectivity index (χ1) is 16.3. The summed E-state index contributed by atoms with van der Waals surface area (Å²) in [6.07, 6.45) is 0.125. The molecule has 3 rings (SSSR count). The first-order valence-corrected chi connectivity index (χ1v) is 12.0. The summed E-state index contributed by atoms with van der Waals surface area (Å²) in [6.45, 7) is 6.25. The summed E-state index contributed by atoms with van der Waals surface area (Å²) in [7, 11) is 3.11. The van der Waals surface area contributed by atoms with Gasteiger partial charge in [0.1, 0.15) is 9.88 Å². The van der Waals surface area contributed by atoms with Crippen LogP contribution in [0.25, 0.3) is 10.6 Å². The van der Waals surface area contributed by atoms with Crippen molar-refractivity contribution in [2.45, 2.75) is 39.7 Å². The standard InChI is InChI=1S/C24H30N2O7S/c1-6-32-23(28)16-9-11-26(12-10-16)22(27)15(3)33-24(29)20-14(2)25-21(34-20)17-7-8-18(30-4)19(13-17)31-5/h7-8,13,15-16H,6,9-12H2,1-5H3. The lowest BCUT2D eigenvalue weighted by molar-refractivity contribution is -0.152. The van der Waals surface area contributed by atoms with Crippen LogP contribution >= 0.6 is 11.3 Å². The Morgan fingerprint density at radius 1 is 1.15 bits per heavy atom. The van der Waals surface area contributed by atoms with E-state index in [-0.39, 0.29) is 17.8 Å². The van der Waals surface area contributed by atoms with E-state index in [1.54, 1.807) is 52.0 Å². The van der Waals surface area contributed by atoms with Gasteiger partial charge in [0.15, 0.2) is 17.6 Å². The molecule has 0 radical (unpaired) electrons. The maximum atomic E-state index is 12.8. The number of piperidine rings is 1. The van der Waals surface area contributed by atoms with Gasteiger partial charge in [0.05, 0.1) is 32.4 Å². The molecule has 1 fully saturated rings. The number of likely N-dealkylation sites (tertiary alicyclic amines) is 1. The van der Waals surface area contributed by atoms with Gasteiger partial charge in [-0.25, -0.2) is 9.78 Å². The van der Waals surface area contributed by atoms with Crippen molar-refractivity contribution in [2.75, 3.05) is 33.9 Å². The summed E-state index contributed by atoms with van der Waals surface area (Å²) < 4.78 is 21.2. The highest BCUT2D eigenvalue weighted by atomic mass is 32.1. The molecule has 1 amide bonds. The van der Waals surface area contributed by atoms with Crippen LogP contribution in [0.3, 0.4) is 0 Å². The lowest BCUT2D eigenvalue weighted by Crippen LogP contribution is -2.45. The molecule has 1 aliphatic heterocycles. The van der Waals surface area contributed by atoms with E-state index in [1.165, 1.54) is 11.3 Å². The number of carbonyl (C=O) groups excluding carboxylic acids is 3. The summed E-state index contributed by atoms with van der Waals surface area (Å²) in [5.41, 5.74) is 1.30. The minimum atomic E-state index is -0.947. The minimum absolute atomic E-state index is 0.198. The zero-order chi connectivity index (χ0) is 24.8. The smallest absolute Gasteiger partial charge is 0.351 e. The van der Waals surface area contributed by atoms with Gasteiger partial charge >= 0.3 is 11.9 Å². The zero-order valence-corrected chi connectivity index (χ0v) is 20.9. The fourth-order valence-corrected chi connectivity index (χ4v) is 4.74. The average Bonchev–Trinajstić information content (AvgIpc) is 3.24. The van der Waals surface area contributed by atoms with Crippen molar-refractivity contribution < 1.29 is 33.3 Å². The normalized spacial score (nSPS) is 14.9. The van der Waals surface area contributed by atoms with E-state index in [4.69, 9.17) is 18.9 Å². The molecule has 0 N–H and O–H groups in total. The Morgan fingerprint density at radius 2 is 1.82 bits per heavy atom. The third kappa shape index (κ3) is 5.67. The number of esters is 2. The fraction of sp³-hybridized carbons (Fsp3) is 0.500. The number of methoxy groups -OCH3 is 2. The van der Waals surface area contributed by atoms with Crippen LogP contribution in [0, 0.1) is 12.8 Å².